The van der Waals surface area contributed by atoms with Gasteiger partial charge in [-0.3, -0.25) is 4.79 Å². The minimum atomic E-state index is 0.317. The van der Waals surface area contributed by atoms with Gasteiger partial charge in [0.05, 0.1) is 0 Å². The van der Waals surface area contributed by atoms with Gasteiger partial charge in [0.15, 0.2) is 0 Å². The first-order valence-corrected chi connectivity index (χ1v) is 7.02. The van der Waals surface area contributed by atoms with Crippen LogP contribution < -0.4 is 11.1 Å². The van der Waals surface area contributed by atoms with E-state index < -0.39 is 0 Å². The Morgan fingerprint density at radius 1 is 1.24 bits per heavy atom. The van der Waals surface area contributed by atoms with E-state index in [2.05, 4.69) is 5.32 Å². The largest absolute Gasteiger partial charge is 0.343 e. The normalized spacial score (nSPS) is 28.9. The number of nitrogens with two attached hydrogens (primary N) is 1. The Morgan fingerprint density at radius 2 is 2.00 bits per heavy atom. The molecule has 2 rings (SSSR count). The fourth-order valence-corrected chi connectivity index (χ4v) is 3.08. The predicted octanol–water partition coefficient (Wildman–Crippen LogP) is 0.716. The average Bonchev–Trinajstić information content (AvgIpc) is 2.99. The summed E-state index contributed by atoms with van der Waals surface area (Å²) in [7, 11) is 0. The van der Waals surface area contributed by atoms with Crippen molar-refractivity contribution in [2.24, 2.45) is 11.7 Å². The van der Waals surface area contributed by atoms with Crippen molar-refractivity contribution in [3.8, 4) is 0 Å². The van der Waals surface area contributed by atoms with Gasteiger partial charge in [-0.1, -0.05) is 6.42 Å². The summed E-state index contributed by atoms with van der Waals surface area (Å²) in [5.41, 5.74) is 5.74. The second-order valence-electron chi connectivity index (χ2n) is 5.33. The topological polar surface area (TPSA) is 58.4 Å². The molecule has 1 aliphatic carbocycles. The zero-order chi connectivity index (χ0) is 12.1. The molecule has 1 aliphatic heterocycles. The summed E-state index contributed by atoms with van der Waals surface area (Å²) in [4.78, 5) is 13.8. The first-order valence-electron chi connectivity index (χ1n) is 7.02. The number of likely N-dealkylation sites (tertiary alicyclic amines) is 1. The molecular formula is C13H25N3O. The molecule has 98 valence electrons. The van der Waals surface area contributed by atoms with Gasteiger partial charge in [-0.15, -0.1) is 0 Å². The Balaban J connectivity index is 1.63. The summed E-state index contributed by atoms with van der Waals surface area (Å²) >= 11 is 0. The van der Waals surface area contributed by atoms with Gasteiger partial charge in [0.2, 0.25) is 5.91 Å². The Kier molecular flexibility index (Phi) is 4.80. The van der Waals surface area contributed by atoms with Crippen molar-refractivity contribution >= 4 is 5.91 Å². The molecule has 1 amide bonds. The smallest absolute Gasteiger partial charge is 0.223 e. The number of nitrogens with one attached hydrogen (secondary N) is 1. The van der Waals surface area contributed by atoms with Gasteiger partial charge in [-0.2, -0.15) is 0 Å². The number of rotatable bonds is 5. The van der Waals surface area contributed by atoms with Crippen LogP contribution in [0.3, 0.4) is 0 Å². The summed E-state index contributed by atoms with van der Waals surface area (Å²) in [6.07, 6.45) is 6.75. The summed E-state index contributed by atoms with van der Waals surface area (Å²) < 4.78 is 0. The molecule has 2 fully saturated rings. The second kappa shape index (κ2) is 6.36. The Morgan fingerprint density at radius 3 is 2.71 bits per heavy atom. The second-order valence-corrected chi connectivity index (χ2v) is 5.33. The Labute approximate surface area is 104 Å². The van der Waals surface area contributed by atoms with Gasteiger partial charge in [0.25, 0.3) is 0 Å². The molecule has 4 heteroatoms. The van der Waals surface area contributed by atoms with Gasteiger partial charge in [0, 0.05) is 32.1 Å². The molecule has 17 heavy (non-hydrogen) atoms. The third-order valence-electron chi connectivity index (χ3n) is 4.17. The van der Waals surface area contributed by atoms with Crippen LogP contribution in [0.4, 0.5) is 0 Å². The van der Waals surface area contributed by atoms with Crippen LogP contribution in [0.25, 0.3) is 0 Å². The lowest BCUT2D eigenvalue weighted by Gasteiger charge is -2.20. The number of hydrogen-bond acceptors (Lipinski definition) is 3. The van der Waals surface area contributed by atoms with E-state index in [1.807, 2.05) is 4.90 Å². The first kappa shape index (κ1) is 12.8. The number of hydrogen-bond donors (Lipinski definition) is 2. The maximum atomic E-state index is 11.8. The molecule has 1 saturated heterocycles. The van der Waals surface area contributed by atoms with Gasteiger partial charge < -0.3 is 16.0 Å². The van der Waals surface area contributed by atoms with Crippen LogP contribution in [0.2, 0.25) is 0 Å². The monoisotopic (exact) mass is 239 g/mol. The summed E-state index contributed by atoms with van der Waals surface area (Å²) in [6, 6.07) is 0.548. The van der Waals surface area contributed by atoms with Crippen molar-refractivity contribution in [1.29, 1.82) is 0 Å². The van der Waals surface area contributed by atoms with Crippen LogP contribution >= 0.6 is 0 Å². The van der Waals surface area contributed by atoms with E-state index in [-0.39, 0.29) is 0 Å². The minimum Gasteiger partial charge on any atom is -0.343 e. The standard InChI is InChI=1S/C13H25N3O/c14-10-11-4-3-5-12(11)15-7-6-13(17)16-8-1-2-9-16/h11-12,15H,1-10,14H2. The zero-order valence-corrected chi connectivity index (χ0v) is 10.7. The number of nitrogens with zero attached hydrogens (tertiary/aromatic N) is 1. The molecule has 0 aromatic heterocycles. The van der Waals surface area contributed by atoms with Gasteiger partial charge >= 0.3 is 0 Å². The zero-order valence-electron chi connectivity index (χ0n) is 10.7. The quantitative estimate of drug-likeness (QED) is 0.743. The SMILES string of the molecule is NCC1CCCC1NCCC(=O)N1CCCC1. The van der Waals surface area contributed by atoms with E-state index in [1.165, 1.54) is 32.1 Å². The lowest BCUT2D eigenvalue weighted by Crippen LogP contribution is -2.38. The van der Waals surface area contributed by atoms with Crippen LogP contribution in [-0.4, -0.2) is 43.0 Å². The molecule has 3 N–H and O–H groups in total. The molecule has 4 nitrogen and oxygen atoms in total. The van der Waals surface area contributed by atoms with Crippen LogP contribution in [0.5, 0.6) is 0 Å². The molecule has 0 bridgehead atoms. The molecule has 2 atom stereocenters. The molecule has 1 heterocycles. The summed E-state index contributed by atoms with van der Waals surface area (Å²) in [5.74, 6) is 0.939. The molecule has 2 aliphatic rings. The van der Waals surface area contributed by atoms with E-state index in [0.717, 1.165) is 26.2 Å². The molecule has 0 radical (unpaired) electrons. The Hall–Kier alpha value is -0.610. The summed E-state index contributed by atoms with van der Waals surface area (Å²) in [6.45, 7) is 3.52. The summed E-state index contributed by atoms with van der Waals surface area (Å²) in [5, 5.41) is 3.51. The van der Waals surface area contributed by atoms with E-state index >= 15 is 0 Å². The highest BCUT2D eigenvalue weighted by Crippen LogP contribution is 2.24. The molecule has 0 aromatic rings. The maximum absolute atomic E-state index is 11.8. The number of carbonyl (C=O) groups is 1. The van der Waals surface area contributed by atoms with Crippen molar-refractivity contribution in [2.75, 3.05) is 26.2 Å². The fraction of sp³-hybridized carbons (Fsp3) is 0.923. The number of amides is 1. The minimum absolute atomic E-state index is 0.317. The average molecular weight is 239 g/mol. The van der Waals surface area contributed by atoms with E-state index in [9.17, 15) is 4.79 Å². The first-order chi connectivity index (χ1) is 8.31. The van der Waals surface area contributed by atoms with Crippen LogP contribution in [0, 0.1) is 5.92 Å². The van der Waals surface area contributed by atoms with Gasteiger partial charge in [0.1, 0.15) is 0 Å². The van der Waals surface area contributed by atoms with Crippen molar-refractivity contribution in [2.45, 2.75) is 44.6 Å². The van der Waals surface area contributed by atoms with Crippen molar-refractivity contribution in [3.05, 3.63) is 0 Å². The van der Waals surface area contributed by atoms with Gasteiger partial charge in [-0.25, -0.2) is 0 Å². The van der Waals surface area contributed by atoms with Crippen molar-refractivity contribution in [3.63, 3.8) is 0 Å². The van der Waals surface area contributed by atoms with E-state index in [0.29, 0.717) is 24.3 Å². The van der Waals surface area contributed by atoms with Crippen LogP contribution in [-0.2, 0) is 4.79 Å². The molecule has 2 unspecified atom stereocenters. The third kappa shape index (κ3) is 3.42. The lowest BCUT2D eigenvalue weighted by molar-refractivity contribution is -0.130. The predicted molar refractivity (Wildman–Crippen MR) is 68.6 cm³/mol. The molecule has 0 spiro atoms. The van der Waals surface area contributed by atoms with Gasteiger partial charge in [-0.05, 0) is 38.1 Å². The highest BCUT2D eigenvalue weighted by molar-refractivity contribution is 5.76. The van der Waals surface area contributed by atoms with Crippen LogP contribution in [0.15, 0.2) is 0 Å². The Bertz CT molecular complexity index is 251. The van der Waals surface area contributed by atoms with Crippen LogP contribution in [0.1, 0.15) is 38.5 Å². The molecule has 0 aromatic carbocycles. The third-order valence-corrected chi connectivity index (χ3v) is 4.17. The fourth-order valence-electron chi connectivity index (χ4n) is 3.08. The lowest BCUT2D eigenvalue weighted by atomic mass is 10.0. The molecular weight excluding hydrogens is 214 g/mol. The number of carbonyl (C=O) groups excluding carboxylic acids is 1. The maximum Gasteiger partial charge on any atom is 0.223 e. The van der Waals surface area contributed by atoms with Crippen molar-refractivity contribution < 1.29 is 4.79 Å². The highest BCUT2D eigenvalue weighted by Gasteiger charge is 2.25. The van der Waals surface area contributed by atoms with E-state index in [4.69, 9.17) is 5.73 Å². The highest BCUT2D eigenvalue weighted by atomic mass is 16.2. The molecule has 1 saturated carbocycles. The van der Waals surface area contributed by atoms with E-state index in [1.54, 1.807) is 0 Å². The van der Waals surface area contributed by atoms with Crippen molar-refractivity contribution in [1.82, 2.24) is 10.2 Å².